The fourth-order valence-electron chi connectivity index (χ4n) is 8.41. The zero-order chi connectivity index (χ0) is 52.4. The number of phosphoric ester groups is 1. The Balaban J connectivity index is 3.80. The lowest BCUT2D eigenvalue weighted by atomic mass is 10.0. The molecular weight excluding hydrogens is 918 g/mol. The second-order valence-corrected chi connectivity index (χ2v) is 21.3. The van der Waals surface area contributed by atoms with Crippen molar-refractivity contribution >= 4 is 19.8 Å². The number of nitrogens with two attached hydrogens (primary N) is 1. The topological polar surface area (TPSA) is 134 Å². The van der Waals surface area contributed by atoms with Gasteiger partial charge in [-0.2, -0.15) is 0 Å². The molecule has 0 rings (SSSR count). The summed E-state index contributed by atoms with van der Waals surface area (Å²) < 4.78 is 33.0. The van der Waals surface area contributed by atoms with Gasteiger partial charge in [0.25, 0.3) is 0 Å². The molecule has 0 aromatic carbocycles. The van der Waals surface area contributed by atoms with Gasteiger partial charge in [0.15, 0.2) is 6.10 Å². The normalized spacial score (nSPS) is 13.6. The lowest BCUT2D eigenvalue weighted by Crippen LogP contribution is -2.29. The number of unbranched alkanes of at least 4 members (excludes halogenated alkanes) is 31. The maximum Gasteiger partial charge on any atom is 0.472 e. The molecule has 2 unspecified atom stereocenters. The van der Waals surface area contributed by atoms with Crippen molar-refractivity contribution in [3.05, 3.63) is 72.9 Å². The Kier molecular flexibility index (Phi) is 55.7. The first-order valence-corrected chi connectivity index (χ1v) is 31.4. The van der Waals surface area contributed by atoms with Crippen molar-refractivity contribution in [2.24, 2.45) is 5.73 Å². The molecule has 3 N–H and O–H groups in total. The van der Waals surface area contributed by atoms with Gasteiger partial charge in [-0.15, -0.1) is 0 Å². The number of carbonyl (C=O) groups excluding carboxylic acids is 2. The minimum absolute atomic E-state index is 0.0510. The van der Waals surface area contributed by atoms with Crippen LogP contribution in [0.15, 0.2) is 72.9 Å². The van der Waals surface area contributed by atoms with Crippen LogP contribution in [0.5, 0.6) is 0 Å². The molecule has 0 bridgehead atoms. The number of esters is 2. The number of hydrogen-bond acceptors (Lipinski definition) is 8. The summed E-state index contributed by atoms with van der Waals surface area (Å²) >= 11 is 0. The molecular formula is C62H112NO8P. The maximum absolute atomic E-state index is 12.7. The highest BCUT2D eigenvalue weighted by atomic mass is 31.2. The lowest BCUT2D eigenvalue weighted by molar-refractivity contribution is -0.161. The van der Waals surface area contributed by atoms with E-state index in [4.69, 9.17) is 24.3 Å². The van der Waals surface area contributed by atoms with Crippen molar-refractivity contribution in [2.75, 3.05) is 26.4 Å². The molecule has 0 amide bonds. The van der Waals surface area contributed by atoms with Gasteiger partial charge in [0, 0.05) is 19.4 Å². The van der Waals surface area contributed by atoms with E-state index in [1.165, 1.54) is 154 Å². The van der Waals surface area contributed by atoms with Gasteiger partial charge in [-0.05, 0) is 77.0 Å². The number of phosphoric acid groups is 1. The van der Waals surface area contributed by atoms with Crippen molar-refractivity contribution in [1.29, 1.82) is 0 Å². The summed E-state index contributed by atoms with van der Waals surface area (Å²) in [5.74, 6) is -0.836. The van der Waals surface area contributed by atoms with E-state index in [1.54, 1.807) is 0 Å². The molecule has 0 spiro atoms. The molecule has 0 fully saturated rings. The van der Waals surface area contributed by atoms with Crippen LogP contribution in [0.4, 0.5) is 0 Å². The van der Waals surface area contributed by atoms with Crippen LogP contribution in [0.25, 0.3) is 0 Å². The van der Waals surface area contributed by atoms with E-state index in [0.29, 0.717) is 12.8 Å². The molecule has 418 valence electrons. The van der Waals surface area contributed by atoms with E-state index in [1.807, 2.05) is 0 Å². The van der Waals surface area contributed by atoms with Gasteiger partial charge in [-0.1, -0.05) is 260 Å². The van der Waals surface area contributed by atoms with Crippen molar-refractivity contribution in [3.8, 4) is 0 Å². The molecule has 0 radical (unpaired) electrons. The SMILES string of the molecule is CC/C=C\C/C=C\C/C=C\C/C=C\CCCCCCCCCCCCCCCCCCCCCCCCCCC(=O)OC(COC(=O)CCCCCCC/C=C\C/C=C\CCCC)COP(=O)(O)OCCN. The number of hydrogen-bond donors (Lipinski definition) is 2. The molecule has 0 aliphatic rings. The minimum Gasteiger partial charge on any atom is -0.462 e. The van der Waals surface area contributed by atoms with Gasteiger partial charge in [0.05, 0.1) is 13.2 Å². The average Bonchev–Trinajstić information content (AvgIpc) is 3.37. The summed E-state index contributed by atoms with van der Waals surface area (Å²) in [6, 6.07) is 0. The van der Waals surface area contributed by atoms with Gasteiger partial charge < -0.3 is 20.1 Å². The third kappa shape index (κ3) is 56.7. The zero-order valence-corrected chi connectivity index (χ0v) is 47.5. The second kappa shape index (κ2) is 57.7. The molecule has 0 aromatic rings. The molecule has 0 aliphatic carbocycles. The summed E-state index contributed by atoms with van der Waals surface area (Å²) in [6.07, 6.45) is 74.2. The number of carbonyl (C=O) groups is 2. The molecule has 0 heterocycles. The molecule has 10 heteroatoms. The van der Waals surface area contributed by atoms with Gasteiger partial charge >= 0.3 is 19.8 Å². The first-order valence-electron chi connectivity index (χ1n) is 29.9. The summed E-state index contributed by atoms with van der Waals surface area (Å²) in [5, 5.41) is 0. The Hall–Kier alpha value is -2.55. The Morgan fingerprint density at radius 1 is 0.431 bits per heavy atom. The summed E-state index contributed by atoms with van der Waals surface area (Å²) in [6.45, 7) is 3.59. The van der Waals surface area contributed by atoms with Crippen molar-refractivity contribution in [3.63, 3.8) is 0 Å². The second-order valence-electron chi connectivity index (χ2n) is 19.8. The van der Waals surface area contributed by atoms with Crippen molar-refractivity contribution < 1.29 is 37.6 Å². The highest BCUT2D eigenvalue weighted by Gasteiger charge is 2.26. The maximum atomic E-state index is 12.7. The number of allylic oxidation sites excluding steroid dienone is 12. The number of rotatable bonds is 56. The monoisotopic (exact) mass is 1030 g/mol. The summed E-state index contributed by atoms with van der Waals surface area (Å²) in [4.78, 5) is 35.1. The fraction of sp³-hybridized carbons (Fsp3) is 0.774. The first-order chi connectivity index (χ1) is 35.3. The Morgan fingerprint density at radius 3 is 1.14 bits per heavy atom. The quantitative estimate of drug-likeness (QED) is 0.0264. The van der Waals surface area contributed by atoms with E-state index in [-0.39, 0.29) is 32.6 Å². The van der Waals surface area contributed by atoms with E-state index in [2.05, 4.69) is 86.8 Å². The van der Waals surface area contributed by atoms with Crippen molar-refractivity contribution in [1.82, 2.24) is 0 Å². The van der Waals surface area contributed by atoms with E-state index < -0.39 is 32.5 Å². The fourth-order valence-corrected chi connectivity index (χ4v) is 9.18. The third-order valence-corrected chi connectivity index (χ3v) is 13.8. The molecule has 72 heavy (non-hydrogen) atoms. The van der Waals surface area contributed by atoms with Crippen LogP contribution in [0, 0.1) is 0 Å². The lowest BCUT2D eigenvalue weighted by Gasteiger charge is -2.19. The summed E-state index contributed by atoms with van der Waals surface area (Å²) in [5.41, 5.74) is 5.37. The van der Waals surface area contributed by atoms with Gasteiger partial charge in [-0.3, -0.25) is 18.6 Å². The molecule has 0 aliphatic heterocycles. The molecule has 9 nitrogen and oxygen atoms in total. The van der Waals surface area contributed by atoms with E-state index in [0.717, 1.165) is 83.5 Å². The Bertz CT molecular complexity index is 1410. The first kappa shape index (κ1) is 69.5. The summed E-state index contributed by atoms with van der Waals surface area (Å²) in [7, 11) is -4.39. The number of ether oxygens (including phenoxy) is 2. The van der Waals surface area contributed by atoms with Crippen LogP contribution in [0.1, 0.15) is 277 Å². The van der Waals surface area contributed by atoms with Crippen LogP contribution in [-0.2, 0) is 32.7 Å². The predicted molar refractivity (Wildman–Crippen MR) is 307 cm³/mol. The largest absolute Gasteiger partial charge is 0.472 e. The molecule has 0 saturated carbocycles. The van der Waals surface area contributed by atoms with Crippen LogP contribution in [0.2, 0.25) is 0 Å². The smallest absolute Gasteiger partial charge is 0.462 e. The van der Waals surface area contributed by atoms with Gasteiger partial charge in [0.1, 0.15) is 6.61 Å². The van der Waals surface area contributed by atoms with E-state index in [9.17, 15) is 19.0 Å². The minimum atomic E-state index is -4.39. The van der Waals surface area contributed by atoms with Crippen molar-refractivity contribution in [2.45, 2.75) is 283 Å². The molecule has 2 atom stereocenters. The highest BCUT2D eigenvalue weighted by molar-refractivity contribution is 7.47. The standard InChI is InChI=1S/C62H112NO8P/c1-3-5-7-9-11-13-15-17-19-20-21-22-23-24-25-26-27-28-29-30-31-32-33-34-35-36-37-38-39-40-41-43-45-47-49-51-53-55-62(65)71-60(59-70-72(66,67)69-57-56-63)58-68-61(64)54-52-50-48-46-44-42-18-16-14-12-10-8-6-4-2/h5,7,10-13,16-19,21-22,60H,3-4,6,8-9,14-15,20,23-59,63H2,1-2H3,(H,66,67)/b7-5-,12-10-,13-11-,18-16-,19-17-,22-21-. The van der Waals surface area contributed by atoms with Crippen LogP contribution < -0.4 is 5.73 Å². The third-order valence-electron chi connectivity index (χ3n) is 12.8. The van der Waals surface area contributed by atoms with E-state index >= 15 is 0 Å². The molecule has 0 aromatic heterocycles. The van der Waals surface area contributed by atoms with Crippen LogP contribution in [-0.4, -0.2) is 49.3 Å². The van der Waals surface area contributed by atoms with Crippen LogP contribution >= 0.6 is 7.82 Å². The average molecular weight is 1030 g/mol. The molecule has 0 saturated heterocycles. The van der Waals surface area contributed by atoms with Gasteiger partial charge in [0.2, 0.25) is 0 Å². The Morgan fingerprint density at radius 2 is 0.764 bits per heavy atom. The predicted octanol–water partition coefficient (Wildman–Crippen LogP) is 18.9. The van der Waals surface area contributed by atoms with Gasteiger partial charge in [-0.25, -0.2) is 4.57 Å². The zero-order valence-electron chi connectivity index (χ0n) is 46.7. The Labute approximate surface area is 443 Å². The highest BCUT2D eigenvalue weighted by Crippen LogP contribution is 2.43. The van der Waals surface area contributed by atoms with Crippen LogP contribution in [0.3, 0.4) is 0 Å².